The van der Waals surface area contributed by atoms with E-state index in [1.165, 1.54) is 0 Å². The second-order valence-corrected chi connectivity index (χ2v) is 3.91. The van der Waals surface area contributed by atoms with Crippen molar-refractivity contribution in [3.8, 4) is 0 Å². The zero-order chi connectivity index (χ0) is 10.1. The Hall–Kier alpha value is -0.610. The summed E-state index contributed by atoms with van der Waals surface area (Å²) in [6, 6.07) is 0. The Morgan fingerprint density at radius 1 is 1.69 bits per heavy atom. The standard InChI is InChI=1S/C9H17NO3/c1-6-5-10-4-3-9(6,13)7(2)8(11)12/h6-7,10,13H,3-5H2,1-2H3,(H,11,12). The summed E-state index contributed by atoms with van der Waals surface area (Å²) in [4.78, 5) is 10.8. The van der Waals surface area contributed by atoms with Gasteiger partial charge < -0.3 is 15.5 Å². The molecule has 0 aromatic heterocycles. The number of hydrogen-bond acceptors (Lipinski definition) is 3. The molecule has 76 valence electrons. The molecule has 0 amide bonds. The number of aliphatic hydroxyl groups is 1. The van der Waals surface area contributed by atoms with Crippen molar-refractivity contribution in [3.05, 3.63) is 0 Å². The first-order valence-corrected chi connectivity index (χ1v) is 4.64. The summed E-state index contributed by atoms with van der Waals surface area (Å²) in [5, 5.41) is 22.1. The minimum atomic E-state index is -1.04. The van der Waals surface area contributed by atoms with Crippen LogP contribution < -0.4 is 5.32 Å². The van der Waals surface area contributed by atoms with Gasteiger partial charge in [-0.3, -0.25) is 4.79 Å². The van der Waals surface area contributed by atoms with Crippen molar-refractivity contribution >= 4 is 5.97 Å². The molecule has 3 N–H and O–H groups in total. The third kappa shape index (κ3) is 1.84. The van der Waals surface area contributed by atoms with Crippen molar-refractivity contribution < 1.29 is 15.0 Å². The molecular formula is C9H17NO3. The molecule has 4 nitrogen and oxygen atoms in total. The minimum absolute atomic E-state index is 0.00708. The Kier molecular flexibility index (Phi) is 2.93. The molecule has 3 atom stereocenters. The molecule has 13 heavy (non-hydrogen) atoms. The highest BCUT2D eigenvalue weighted by Crippen LogP contribution is 2.31. The van der Waals surface area contributed by atoms with Crippen LogP contribution in [0.15, 0.2) is 0 Å². The molecule has 0 radical (unpaired) electrons. The second kappa shape index (κ2) is 3.64. The van der Waals surface area contributed by atoms with Crippen LogP contribution in [0.1, 0.15) is 20.3 Å². The van der Waals surface area contributed by atoms with Crippen LogP contribution >= 0.6 is 0 Å². The quantitative estimate of drug-likeness (QED) is 0.572. The molecule has 0 aliphatic carbocycles. The number of carboxylic acids is 1. The lowest BCUT2D eigenvalue weighted by molar-refractivity contribution is -0.157. The van der Waals surface area contributed by atoms with Crippen molar-refractivity contribution in [1.82, 2.24) is 5.32 Å². The average molecular weight is 187 g/mol. The van der Waals surface area contributed by atoms with Gasteiger partial charge in [0.15, 0.2) is 0 Å². The van der Waals surface area contributed by atoms with Gasteiger partial charge in [-0.25, -0.2) is 0 Å². The average Bonchev–Trinajstić information content (AvgIpc) is 2.09. The van der Waals surface area contributed by atoms with E-state index in [2.05, 4.69) is 5.32 Å². The second-order valence-electron chi connectivity index (χ2n) is 3.91. The van der Waals surface area contributed by atoms with Crippen LogP contribution in [-0.4, -0.2) is 34.9 Å². The minimum Gasteiger partial charge on any atom is -0.481 e. The molecule has 3 unspecified atom stereocenters. The molecule has 0 aromatic rings. The SMILES string of the molecule is CC1CNCCC1(O)C(C)C(=O)O. The fourth-order valence-corrected chi connectivity index (χ4v) is 1.89. The van der Waals surface area contributed by atoms with E-state index in [1.54, 1.807) is 6.92 Å². The van der Waals surface area contributed by atoms with Gasteiger partial charge in [0.25, 0.3) is 0 Å². The Bertz CT molecular complexity index is 207. The van der Waals surface area contributed by atoms with Gasteiger partial charge in [-0.05, 0) is 25.8 Å². The van der Waals surface area contributed by atoms with E-state index >= 15 is 0 Å². The smallest absolute Gasteiger partial charge is 0.309 e. The van der Waals surface area contributed by atoms with Crippen LogP contribution in [0.25, 0.3) is 0 Å². The van der Waals surface area contributed by atoms with Gasteiger partial charge >= 0.3 is 5.97 Å². The van der Waals surface area contributed by atoms with E-state index in [4.69, 9.17) is 5.11 Å². The Morgan fingerprint density at radius 3 is 2.77 bits per heavy atom. The van der Waals surface area contributed by atoms with Gasteiger partial charge in [-0.15, -0.1) is 0 Å². The summed E-state index contributed by atoms with van der Waals surface area (Å²) < 4.78 is 0. The van der Waals surface area contributed by atoms with Crippen LogP contribution in [0.5, 0.6) is 0 Å². The van der Waals surface area contributed by atoms with Gasteiger partial charge in [0.1, 0.15) is 0 Å². The molecule has 4 heteroatoms. The number of aliphatic carboxylic acids is 1. The maximum atomic E-state index is 10.8. The van der Waals surface area contributed by atoms with Gasteiger partial charge in [0.05, 0.1) is 11.5 Å². The zero-order valence-corrected chi connectivity index (χ0v) is 8.08. The van der Waals surface area contributed by atoms with E-state index in [1.807, 2.05) is 6.92 Å². The number of carboxylic acid groups (broad SMARTS) is 1. The Labute approximate surface area is 78.0 Å². The predicted molar refractivity (Wildman–Crippen MR) is 48.4 cm³/mol. The molecule has 0 saturated carbocycles. The first-order chi connectivity index (χ1) is 5.98. The van der Waals surface area contributed by atoms with Crippen LogP contribution in [0.2, 0.25) is 0 Å². The third-order valence-electron chi connectivity index (χ3n) is 3.13. The molecule has 1 heterocycles. The Balaban J connectivity index is 2.77. The van der Waals surface area contributed by atoms with E-state index in [0.29, 0.717) is 19.5 Å². The summed E-state index contributed by atoms with van der Waals surface area (Å²) in [6.45, 7) is 4.84. The fraction of sp³-hybridized carbons (Fsp3) is 0.889. The molecular weight excluding hydrogens is 170 g/mol. The number of hydrogen-bond donors (Lipinski definition) is 3. The first-order valence-electron chi connectivity index (χ1n) is 4.64. The van der Waals surface area contributed by atoms with E-state index < -0.39 is 17.5 Å². The molecule has 1 aliphatic heterocycles. The van der Waals surface area contributed by atoms with Crippen molar-refractivity contribution in [3.63, 3.8) is 0 Å². The maximum Gasteiger partial charge on any atom is 0.309 e. The highest BCUT2D eigenvalue weighted by molar-refractivity contribution is 5.71. The fourth-order valence-electron chi connectivity index (χ4n) is 1.89. The highest BCUT2D eigenvalue weighted by atomic mass is 16.4. The predicted octanol–water partition coefficient (Wildman–Crippen LogP) is 0.0676. The van der Waals surface area contributed by atoms with Crippen molar-refractivity contribution in [2.45, 2.75) is 25.9 Å². The van der Waals surface area contributed by atoms with Crippen molar-refractivity contribution in [2.24, 2.45) is 11.8 Å². The number of rotatable bonds is 2. The zero-order valence-electron chi connectivity index (χ0n) is 8.08. The summed E-state index contributed by atoms with van der Waals surface area (Å²) in [5.74, 6) is -1.62. The number of piperidine rings is 1. The summed E-state index contributed by atoms with van der Waals surface area (Å²) in [5.41, 5.74) is -1.04. The largest absolute Gasteiger partial charge is 0.481 e. The molecule has 0 aromatic carbocycles. The first kappa shape index (κ1) is 10.5. The molecule has 1 fully saturated rings. The summed E-state index contributed by atoms with van der Waals surface area (Å²) in [7, 11) is 0. The Morgan fingerprint density at radius 2 is 2.31 bits per heavy atom. The summed E-state index contributed by atoms with van der Waals surface area (Å²) in [6.07, 6.45) is 0.516. The monoisotopic (exact) mass is 187 g/mol. The molecule has 1 aliphatic rings. The van der Waals surface area contributed by atoms with E-state index in [0.717, 1.165) is 0 Å². The normalized spacial score (nSPS) is 37.0. The molecule has 1 saturated heterocycles. The molecule has 1 rings (SSSR count). The van der Waals surface area contributed by atoms with Crippen LogP contribution in [-0.2, 0) is 4.79 Å². The van der Waals surface area contributed by atoms with Crippen LogP contribution in [0.3, 0.4) is 0 Å². The van der Waals surface area contributed by atoms with E-state index in [-0.39, 0.29) is 5.92 Å². The maximum absolute atomic E-state index is 10.8. The van der Waals surface area contributed by atoms with Crippen molar-refractivity contribution in [1.29, 1.82) is 0 Å². The van der Waals surface area contributed by atoms with Crippen molar-refractivity contribution in [2.75, 3.05) is 13.1 Å². The third-order valence-corrected chi connectivity index (χ3v) is 3.13. The lowest BCUT2D eigenvalue weighted by Gasteiger charge is -2.41. The summed E-state index contributed by atoms with van der Waals surface area (Å²) >= 11 is 0. The number of nitrogens with one attached hydrogen (secondary N) is 1. The van der Waals surface area contributed by atoms with Gasteiger partial charge in [-0.1, -0.05) is 6.92 Å². The number of carbonyl (C=O) groups is 1. The van der Waals surface area contributed by atoms with Crippen LogP contribution in [0, 0.1) is 11.8 Å². The van der Waals surface area contributed by atoms with E-state index in [9.17, 15) is 9.90 Å². The lowest BCUT2D eigenvalue weighted by Crippen LogP contribution is -2.54. The van der Waals surface area contributed by atoms with Gasteiger partial charge in [0.2, 0.25) is 0 Å². The molecule has 0 bridgehead atoms. The lowest BCUT2D eigenvalue weighted by atomic mass is 9.74. The van der Waals surface area contributed by atoms with Crippen LogP contribution in [0.4, 0.5) is 0 Å². The van der Waals surface area contributed by atoms with Gasteiger partial charge in [-0.2, -0.15) is 0 Å². The van der Waals surface area contributed by atoms with Gasteiger partial charge in [0, 0.05) is 6.54 Å². The highest BCUT2D eigenvalue weighted by Gasteiger charge is 2.44. The topological polar surface area (TPSA) is 69.6 Å². The molecule has 0 spiro atoms.